The van der Waals surface area contributed by atoms with Gasteiger partial charge < -0.3 is 10.2 Å². The van der Waals surface area contributed by atoms with E-state index in [2.05, 4.69) is 19.2 Å². The summed E-state index contributed by atoms with van der Waals surface area (Å²) in [4.78, 5) is 28.2. The SMILES string of the molecule is CC1(C)CC(=O)N(CC(=O)NC2CCCCCC2)c2ccccc2S1. The van der Waals surface area contributed by atoms with Crippen molar-refractivity contribution in [3.05, 3.63) is 24.3 Å². The maximum absolute atomic E-state index is 12.8. The van der Waals surface area contributed by atoms with Gasteiger partial charge in [-0.1, -0.05) is 37.8 Å². The van der Waals surface area contributed by atoms with Crippen molar-refractivity contribution in [2.45, 2.75) is 74.5 Å². The number of rotatable bonds is 3. The van der Waals surface area contributed by atoms with Crippen LogP contribution >= 0.6 is 11.8 Å². The fourth-order valence-corrected chi connectivity index (χ4v) is 4.93. The number of carbonyl (C=O) groups excluding carboxylic acids is 2. The Labute approximate surface area is 154 Å². The van der Waals surface area contributed by atoms with Crippen LogP contribution in [-0.4, -0.2) is 29.1 Å². The van der Waals surface area contributed by atoms with Crippen LogP contribution in [0.5, 0.6) is 0 Å². The molecule has 0 saturated heterocycles. The zero-order chi connectivity index (χ0) is 17.9. The fraction of sp³-hybridized carbons (Fsp3) is 0.600. The summed E-state index contributed by atoms with van der Waals surface area (Å²) in [6.45, 7) is 4.28. The Morgan fingerprint density at radius 3 is 2.60 bits per heavy atom. The first kappa shape index (κ1) is 18.3. The standard InChI is InChI=1S/C20H28N2O2S/c1-20(2)13-19(24)22(16-11-7-8-12-17(16)25-20)14-18(23)21-15-9-5-3-4-6-10-15/h7-8,11-12,15H,3-6,9-10,13-14H2,1-2H3,(H,21,23). The summed E-state index contributed by atoms with van der Waals surface area (Å²) in [6, 6.07) is 8.16. The Kier molecular flexibility index (Phi) is 5.72. The lowest BCUT2D eigenvalue weighted by molar-refractivity contribution is -0.124. The molecule has 0 unspecified atom stereocenters. The highest BCUT2D eigenvalue weighted by Crippen LogP contribution is 2.43. The second kappa shape index (κ2) is 7.81. The molecule has 5 heteroatoms. The van der Waals surface area contributed by atoms with Gasteiger partial charge in [0.1, 0.15) is 6.54 Å². The monoisotopic (exact) mass is 360 g/mol. The van der Waals surface area contributed by atoms with Gasteiger partial charge in [-0.2, -0.15) is 0 Å². The molecule has 0 radical (unpaired) electrons. The Morgan fingerprint density at radius 1 is 1.20 bits per heavy atom. The minimum Gasteiger partial charge on any atom is -0.352 e. The zero-order valence-corrected chi connectivity index (χ0v) is 16.0. The van der Waals surface area contributed by atoms with E-state index in [1.807, 2.05) is 24.3 Å². The van der Waals surface area contributed by atoms with Crippen LogP contribution in [0.1, 0.15) is 58.8 Å². The van der Waals surface area contributed by atoms with E-state index in [1.165, 1.54) is 25.7 Å². The van der Waals surface area contributed by atoms with Crippen LogP contribution in [0.15, 0.2) is 29.2 Å². The lowest BCUT2D eigenvalue weighted by atomic mass is 10.1. The van der Waals surface area contributed by atoms with Crippen LogP contribution < -0.4 is 10.2 Å². The molecule has 4 nitrogen and oxygen atoms in total. The largest absolute Gasteiger partial charge is 0.352 e. The lowest BCUT2D eigenvalue weighted by Crippen LogP contribution is -2.44. The van der Waals surface area contributed by atoms with Crippen molar-refractivity contribution in [2.75, 3.05) is 11.4 Å². The Morgan fingerprint density at radius 2 is 1.88 bits per heavy atom. The van der Waals surface area contributed by atoms with Crippen molar-refractivity contribution in [3.63, 3.8) is 0 Å². The predicted octanol–water partition coefficient (Wildman–Crippen LogP) is 4.13. The number of fused-ring (bicyclic) bond motifs is 1. The Bertz CT molecular complexity index is 636. The van der Waals surface area contributed by atoms with Crippen molar-refractivity contribution in [1.82, 2.24) is 5.32 Å². The van der Waals surface area contributed by atoms with E-state index in [0.29, 0.717) is 6.42 Å². The third kappa shape index (κ3) is 4.78. The summed E-state index contributed by atoms with van der Waals surface area (Å²) in [6.07, 6.45) is 7.43. The van der Waals surface area contributed by atoms with Crippen LogP contribution in [-0.2, 0) is 9.59 Å². The molecule has 0 spiro atoms. The molecule has 1 saturated carbocycles. The average molecular weight is 361 g/mol. The molecule has 1 aromatic rings. The maximum Gasteiger partial charge on any atom is 0.240 e. The topological polar surface area (TPSA) is 49.4 Å². The maximum atomic E-state index is 12.8. The minimum atomic E-state index is -0.167. The molecule has 3 rings (SSSR count). The number of hydrogen-bond donors (Lipinski definition) is 1. The van der Waals surface area contributed by atoms with Crippen LogP contribution in [0.25, 0.3) is 0 Å². The molecule has 1 aromatic carbocycles. The van der Waals surface area contributed by atoms with E-state index in [-0.39, 0.29) is 29.1 Å². The van der Waals surface area contributed by atoms with Crippen molar-refractivity contribution in [2.24, 2.45) is 0 Å². The number of hydrogen-bond acceptors (Lipinski definition) is 3. The van der Waals surface area contributed by atoms with Crippen molar-refractivity contribution >= 4 is 29.3 Å². The van der Waals surface area contributed by atoms with Crippen molar-refractivity contribution in [3.8, 4) is 0 Å². The predicted molar refractivity (Wildman–Crippen MR) is 103 cm³/mol. The van der Waals surface area contributed by atoms with Gasteiger partial charge in [0.05, 0.1) is 5.69 Å². The number of anilines is 1. The van der Waals surface area contributed by atoms with Gasteiger partial charge in [-0.25, -0.2) is 0 Å². The summed E-state index contributed by atoms with van der Waals surface area (Å²) in [5.74, 6) is -0.0155. The number of carbonyl (C=O) groups is 2. The molecule has 1 heterocycles. The highest BCUT2D eigenvalue weighted by atomic mass is 32.2. The first-order valence-electron chi connectivity index (χ1n) is 9.32. The molecular formula is C20H28N2O2S. The third-order valence-electron chi connectivity index (χ3n) is 4.94. The number of benzene rings is 1. The first-order valence-corrected chi connectivity index (χ1v) is 10.1. The van der Waals surface area contributed by atoms with Crippen LogP contribution in [0.2, 0.25) is 0 Å². The molecule has 2 aliphatic rings. The molecule has 1 aliphatic carbocycles. The van der Waals surface area contributed by atoms with Gasteiger partial charge in [-0.05, 0) is 38.8 Å². The van der Waals surface area contributed by atoms with Gasteiger partial charge in [0.2, 0.25) is 11.8 Å². The second-order valence-electron chi connectivity index (χ2n) is 7.74. The summed E-state index contributed by atoms with van der Waals surface area (Å²) in [5.41, 5.74) is 0.860. The summed E-state index contributed by atoms with van der Waals surface area (Å²) in [7, 11) is 0. The van der Waals surface area contributed by atoms with Gasteiger partial charge >= 0.3 is 0 Å². The minimum absolute atomic E-state index is 0.0264. The summed E-state index contributed by atoms with van der Waals surface area (Å²) >= 11 is 1.71. The molecule has 0 atom stereocenters. The summed E-state index contributed by atoms with van der Waals surface area (Å²) in [5, 5.41) is 3.16. The van der Waals surface area contributed by atoms with Gasteiger partial charge in [0, 0.05) is 22.1 Å². The van der Waals surface area contributed by atoms with E-state index in [1.54, 1.807) is 16.7 Å². The average Bonchev–Trinajstić information content (AvgIpc) is 2.84. The Balaban J connectivity index is 1.74. The smallest absolute Gasteiger partial charge is 0.240 e. The number of nitrogens with one attached hydrogen (secondary N) is 1. The third-order valence-corrected chi connectivity index (χ3v) is 6.20. The quantitative estimate of drug-likeness (QED) is 0.825. The van der Waals surface area contributed by atoms with Gasteiger partial charge in [0.25, 0.3) is 0 Å². The molecule has 0 aromatic heterocycles. The molecule has 1 aliphatic heterocycles. The van der Waals surface area contributed by atoms with Crippen LogP contribution in [0.3, 0.4) is 0 Å². The molecular weight excluding hydrogens is 332 g/mol. The summed E-state index contributed by atoms with van der Waals surface area (Å²) < 4.78 is -0.167. The van der Waals surface area contributed by atoms with E-state index >= 15 is 0 Å². The molecule has 1 N–H and O–H groups in total. The van der Waals surface area contributed by atoms with E-state index in [4.69, 9.17) is 0 Å². The zero-order valence-electron chi connectivity index (χ0n) is 15.2. The van der Waals surface area contributed by atoms with Gasteiger partial charge in [-0.3, -0.25) is 9.59 Å². The molecule has 136 valence electrons. The highest BCUT2D eigenvalue weighted by Gasteiger charge is 2.34. The fourth-order valence-electron chi connectivity index (χ4n) is 3.71. The molecule has 0 bridgehead atoms. The number of nitrogens with zero attached hydrogens (tertiary/aromatic N) is 1. The molecule has 1 fully saturated rings. The molecule has 25 heavy (non-hydrogen) atoms. The number of thioether (sulfide) groups is 1. The van der Waals surface area contributed by atoms with E-state index in [9.17, 15) is 9.59 Å². The lowest BCUT2D eigenvalue weighted by Gasteiger charge is -2.24. The number of amides is 2. The normalized spacial score (nSPS) is 21.2. The Hall–Kier alpha value is -1.49. The van der Waals surface area contributed by atoms with E-state index in [0.717, 1.165) is 23.4 Å². The van der Waals surface area contributed by atoms with E-state index < -0.39 is 0 Å². The van der Waals surface area contributed by atoms with Crippen LogP contribution in [0.4, 0.5) is 5.69 Å². The van der Waals surface area contributed by atoms with Gasteiger partial charge in [0.15, 0.2) is 0 Å². The molecule has 2 amide bonds. The van der Waals surface area contributed by atoms with Crippen LogP contribution in [0, 0.1) is 0 Å². The van der Waals surface area contributed by atoms with Crippen molar-refractivity contribution < 1.29 is 9.59 Å². The number of para-hydroxylation sites is 1. The van der Waals surface area contributed by atoms with Crippen molar-refractivity contribution in [1.29, 1.82) is 0 Å². The van der Waals surface area contributed by atoms with Gasteiger partial charge in [-0.15, -0.1) is 11.8 Å². The highest BCUT2D eigenvalue weighted by molar-refractivity contribution is 8.00. The first-order chi connectivity index (χ1) is 11.9. The second-order valence-corrected chi connectivity index (χ2v) is 9.49.